The molecule has 2 nitrogen and oxygen atoms in total. The normalized spacial score (nSPS) is 11.7. The predicted octanol–water partition coefficient (Wildman–Crippen LogP) is 2.41. The lowest BCUT2D eigenvalue weighted by molar-refractivity contribution is 0.722. The fourth-order valence-electron chi connectivity index (χ4n) is 1.13. The second-order valence-electron chi connectivity index (χ2n) is 4.09. The Morgan fingerprint density at radius 3 is 2.50 bits per heavy atom. The molecule has 0 heterocycles. The molecule has 78 valence electrons. The average molecular weight is 210 g/mol. The summed E-state index contributed by atoms with van der Waals surface area (Å²) in [5.74, 6) is 0. The molecule has 1 rings (SSSR count). The molecule has 14 heavy (non-hydrogen) atoms. The molecule has 0 saturated heterocycles. The number of hydrogen-bond acceptors (Lipinski definition) is 3. The van der Waals surface area contributed by atoms with Crippen molar-refractivity contribution in [1.29, 1.82) is 0 Å². The van der Waals surface area contributed by atoms with Crippen LogP contribution in [0.2, 0.25) is 0 Å². The summed E-state index contributed by atoms with van der Waals surface area (Å²) in [6, 6.07) is 5.99. The van der Waals surface area contributed by atoms with Crippen LogP contribution < -0.4 is 11.5 Å². The molecule has 0 unspecified atom stereocenters. The molecule has 1 aromatic rings. The highest BCUT2D eigenvalue weighted by atomic mass is 32.2. The number of nitrogen functional groups attached to an aromatic ring is 1. The van der Waals surface area contributed by atoms with Crippen LogP contribution in [0.5, 0.6) is 0 Å². The summed E-state index contributed by atoms with van der Waals surface area (Å²) in [6.07, 6.45) is 0. The van der Waals surface area contributed by atoms with Gasteiger partial charge in [0.05, 0.1) is 0 Å². The van der Waals surface area contributed by atoms with Crippen molar-refractivity contribution >= 4 is 17.4 Å². The third-order valence-corrected chi connectivity index (χ3v) is 3.47. The van der Waals surface area contributed by atoms with E-state index in [0.717, 1.165) is 5.69 Å². The summed E-state index contributed by atoms with van der Waals surface area (Å²) in [6.45, 7) is 7.04. The van der Waals surface area contributed by atoms with E-state index in [2.05, 4.69) is 26.8 Å². The minimum absolute atomic E-state index is 0.0842. The minimum atomic E-state index is 0.0842. The lowest BCUT2D eigenvalue weighted by Gasteiger charge is -2.22. The topological polar surface area (TPSA) is 52.0 Å². The van der Waals surface area contributed by atoms with Gasteiger partial charge in [0.1, 0.15) is 0 Å². The lowest BCUT2D eigenvalue weighted by Crippen LogP contribution is -2.26. The maximum Gasteiger partial charge on any atom is 0.0317 e. The Hall–Kier alpha value is -0.670. The van der Waals surface area contributed by atoms with Gasteiger partial charge >= 0.3 is 0 Å². The van der Waals surface area contributed by atoms with Gasteiger partial charge in [-0.3, -0.25) is 0 Å². The summed E-state index contributed by atoms with van der Waals surface area (Å²) in [5.41, 5.74) is 13.4. The monoisotopic (exact) mass is 210 g/mol. The second-order valence-corrected chi connectivity index (χ2v) is 5.84. The molecule has 1 aromatic carbocycles. The first kappa shape index (κ1) is 11.4. The van der Waals surface area contributed by atoms with E-state index < -0.39 is 0 Å². The molecule has 0 fully saturated rings. The first-order valence-electron chi connectivity index (χ1n) is 4.70. The Morgan fingerprint density at radius 1 is 1.36 bits per heavy atom. The molecular weight excluding hydrogens is 192 g/mol. The van der Waals surface area contributed by atoms with Crippen molar-refractivity contribution in [2.45, 2.75) is 30.4 Å². The Morgan fingerprint density at radius 2 is 2.00 bits per heavy atom. The summed E-state index contributed by atoms with van der Waals surface area (Å²) in [5, 5.41) is 0. The predicted molar refractivity (Wildman–Crippen MR) is 64.6 cm³/mol. The zero-order valence-corrected chi connectivity index (χ0v) is 9.82. The molecule has 0 bridgehead atoms. The molecule has 0 spiro atoms. The SMILES string of the molecule is Cc1cc(N)ccc1SC(C)(C)CN. The summed E-state index contributed by atoms with van der Waals surface area (Å²) >= 11 is 1.80. The van der Waals surface area contributed by atoms with Crippen LogP contribution in [0.1, 0.15) is 19.4 Å². The summed E-state index contributed by atoms with van der Waals surface area (Å²) in [7, 11) is 0. The van der Waals surface area contributed by atoms with E-state index in [9.17, 15) is 0 Å². The van der Waals surface area contributed by atoms with E-state index in [1.807, 2.05) is 12.1 Å². The smallest absolute Gasteiger partial charge is 0.0317 e. The molecule has 0 atom stereocenters. The van der Waals surface area contributed by atoms with Crippen LogP contribution in [0.15, 0.2) is 23.1 Å². The molecule has 4 N–H and O–H groups in total. The van der Waals surface area contributed by atoms with Gasteiger partial charge in [0.15, 0.2) is 0 Å². The van der Waals surface area contributed by atoms with E-state index in [-0.39, 0.29) is 4.75 Å². The molecule has 0 aliphatic carbocycles. The van der Waals surface area contributed by atoms with Gasteiger partial charge in [0, 0.05) is 21.9 Å². The first-order valence-corrected chi connectivity index (χ1v) is 5.51. The van der Waals surface area contributed by atoms with Crippen LogP contribution in [0.3, 0.4) is 0 Å². The molecule has 0 radical (unpaired) electrons. The molecular formula is C11H18N2S. The Balaban J connectivity index is 2.87. The van der Waals surface area contributed by atoms with E-state index in [0.29, 0.717) is 6.54 Å². The lowest BCUT2D eigenvalue weighted by atomic mass is 10.2. The molecule has 0 aliphatic heterocycles. The fourth-order valence-corrected chi connectivity index (χ4v) is 2.16. The maximum atomic E-state index is 5.69. The zero-order chi connectivity index (χ0) is 10.8. The quantitative estimate of drug-likeness (QED) is 0.595. The van der Waals surface area contributed by atoms with E-state index in [4.69, 9.17) is 11.5 Å². The minimum Gasteiger partial charge on any atom is -0.399 e. The van der Waals surface area contributed by atoms with Gasteiger partial charge in [-0.25, -0.2) is 0 Å². The molecule has 0 aliphatic rings. The zero-order valence-electron chi connectivity index (χ0n) is 9.00. The van der Waals surface area contributed by atoms with Crippen molar-refractivity contribution in [1.82, 2.24) is 0 Å². The van der Waals surface area contributed by atoms with Crippen molar-refractivity contribution in [2.24, 2.45) is 5.73 Å². The highest BCUT2D eigenvalue weighted by Gasteiger charge is 2.17. The van der Waals surface area contributed by atoms with E-state index in [1.165, 1.54) is 10.5 Å². The summed E-state index contributed by atoms with van der Waals surface area (Å²) in [4.78, 5) is 1.26. The van der Waals surface area contributed by atoms with Crippen molar-refractivity contribution in [3.63, 3.8) is 0 Å². The van der Waals surface area contributed by atoms with Crippen molar-refractivity contribution < 1.29 is 0 Å². The van der Waals surface area contributed by atoms with Gasteiger partial charge in [-0.15, -0.1) is 11.8 Å². The largest absolute Gasteiger partial charge is 0.399 e. The number of anilines is 1. The van der Waals surface area contributed by atoms with Crippen LogP contribution in [0.25, 0.3) is 0 Å². The van der Waals surface area contributed by atoms with Crippen LogP contribution in [0, 0.1) is 6.92 Å². The Bertz CT molecular complexity index is 321. The van der Waals surface area contributed by atoms with Gasteiger partial charge in [0.25, 0.3) is 0 Å². The number of benzene rings is 1. The molecule has 0 saturated carbocycles. The number of rotatable bonds is 3. The van der Waals surface area contributed by atoms with Gasteiger partial charge in [-0.2, -0.15) is 0 Å². The van der Waals surface area contributed by atoms with Gasteiger partial charge < -0.3 is 11.5 Å². The molecule has 0 aromatic heterocycles. The standard InChI is InChI=1S/C11H18N2S/c1-8-6-9(13)4-5-10(8)14-11(2,3)7-12/h4-6H,7,12-13H2,1-3H3. The Labute approximate surface area is 90.1 Å². The number of hydrogen-bond donors (Lipinski definition) is 2. The third kappa shape index (κ3) is 2.93. The van der Waals surface area contributed by atoms with Gasteiger partial charge in [0.2, 0.25) is 0 Å². The first-order chi connectivity index (χ1) is 6.44. The van der Waals surface area contributed by atoms with Crippen molar-refractivity contribution in [2.75, 3.05) is 12.3 Å². The van der Waals surface area contributed by atoms with E-state index in [1.54, 1.807) is 11.8 Å². The van der Waals surface area contributed by atoms with E-state index >= 15 is 0 Å². The van der Waals surface area contributed by atoms with Crippen LogP contribution >= 0.6 is 11.8 Å². The number of nitrogens with two attached hydrogens (primary N) is 2. The Kier molecular flexibility index (Phi) is 3.45. The number of thioether (sulfide) groups is 1. The average Bonchev–Trinajstić information content (AvgIpc) is 2.10. The highest BCUT2D eigenvalue weighted by Crippen LogP contribution is 2.34. The molecule has 3 heteroatoms. The van der Waals surface area contributed by atoms with Crippen molar-refractivity contribution in [3.05, 3.63) is 23.8 Å². The van der Waals surface area contributed by atoms with Crippen molar-refractivity contribution in [3.8, 4) is 0 Å². The van der Waals surface area contributed by atoms with Crippen LogP contribution in [-0.4, -0.2) is 11.3 Å². The highest BCUT2D eigenvalue weighted by molar-refractivity contribution is 8.00. The van der Waals surface area contributed by atoms with Gasteiger partial charge in [-0.05, 0) is 44.5 Å². The number of aryl methyl sites for hydroxylation is 1. The van der Waals surface area contributed by atoms with Crippen LogP contribution in [0.4, 0.5) is 5.69 Å². The fraction of sp³-hybridized carbons (Fsp3) is 0.455. The second kappa shape index (κ2) is 4.24. The molecule has 0 amide bonds. The maximum absolute atomic E-state index is 5.69. The van der Waals surface area contributed by atoms with Crippen LogP contribution in [-0.2, 0) is 0 Å². The third-order valence-electron chi connectivity index (χ3n) is 2.08. The summed E-state index contributed by atoms with van der Waals surface area (Å²) < 4.78 is 0.0842. The van der Waals surface area contributed by atoms with Gasteiger partial charge in [-0.1, -0.05) is 0 Å².